The molecule has 30 heavy (non-hydrogen) atoms. The Morgan fingerprint density at radius 3 is 2.47 bits per heavy atom. The lowest BCUT2D eigenvalue weighted by molar-refractivity contribution is -0.123. The molecular weight excluding hydrogens is 405 g/mol. The van der Waals surface area contributed by atoms with Crippen LogP contribution in [0.4, 0.5) is 4.39 Å². The van der Waals surface area contributed by atoms with Crippen molar-refractivity contribution in [2.24, 2.45) is 5.73 Å². The van der Waals surface area contributed by atoms with Crippen molar-refractivity contribution in [1.29, 1.82) is 0 Å². The highest BCUT2D eigenvalue weighted by molar-refractivity contribution is 7.15. The molecule has 0 radical (unpaired) electrons. The lowest BCUT2D eigenvalue weighted by atomic mass is 10.1. The number of rotatable bonds is 8. The largest absolute Gasteiger partial charge is 0.484 e. The minimum Gasteiger partial charge on any atom is -0.484 e. The van der Waals surface area contributed by atoms with Crippen LogP contribution in [0.15, 0.2) is 48.5 Å². The van der Waals surface area contributed by atoms with Gasteiger partial charge in [-0.15, -0.1) is 11.3 Å². The molecular formula is C22H22FN3O3S. The van der Waals surface area contributed by atoms with E-state index in [9.17, 15) is 14.0 Å². The number of halogens is 1. The summed E-state index contributed by atoms with van der Waals surface area (Å²) in [5, 5.41) is 3.68. The van der Waals surface area contributed by atoms with E-state index in [1.807, 2.05) is 13.8 Å². The number of ether oxygens (including phenoxy) is 1. The normalized spacial score (nSPS) is 11.7. The predicted octanol–water partition coefficient (Wildman–Crippen LogP) is 3.54. The number of benzene rings is 2. The van der Waals surface area contributed by atoms with Gasteiger partial charge in [-0.3, -0.25) is 9.59 Å². The van der Waals surface area contributed by atoms with Gasteiger partial charge in [0.1, 0.15) is 16.6 Å². The van der Waals surface area contributed by atoms with E-state index >= 15 is 0 Å². The summed E-state index contributed by atoms with van der Waals surface area (Å²) in [6.07, 6.45) is 0.159. The van der Waals surface area contributed by atoms with E-state index in [2.05, 4.69) is 10.3 Å². The maximum Gasteiger partial charge on any atom is 0.258 e. The summed E-state index contributed by atoms with van der Waals surface area (Å²) in [6.45, 7) is 3.62. The lowest BCUT2D eigenvalue weighted by Crippen LogP contribution is -2.31. The first-order valence-electron chi connectivity index (χ1n) is 9.34. The number of carbonyl (C=O) groups is 2. The first-order valence-corrected chi connectivity index (χ1v) is 10.2. The van der Waals surface area contributed by atoms with Crippen molar-refractivity contribution >= 4 is 23.2 Å². The van der Waals surface area contributed by atoms with Gasteiger partial charge in [0.25, 0.3) is 5.91 Å². The number of thiazole rings is 1. The second kappa shape index (κ2) is 9.49. The molecule has 1 unspecified atom stereocenters. The van der Waals surface area contributed by atoms with E-state index in [1.54, 1.807) is 36.4 Å². The minimum atomic E-state index is -0.405. The fourth-order valence-corrected chi connectivity index (χ4v) is 4.00. The van der Waals surface area contributed by atoms with Crippen LogP contribution in [0.3, 0.4) is 0 Å². The van der Waals surface area contributed by atoms with E-state index in [1.165, 1.54) is 23.5 Å². The summed E-state index contributed by atoms with van der Waals surface area (Å²) in [5.41, 5.74) is 7.60. The van der Waals surface area contributed by atoms with Crippen LogP contribution in [0.2, 0.25) is 0 Å². The van der Waals surface area contributed by atoms with Gasteiger partial charge in [-0.2, -0.15) is 0 Å². The maximum atomic E-state index is 13.1. The second-order valence-corrected chi connectivity index (χ2v) is 7.87. The third kappa shape index (κ3) is 5.64. The van der Waals surface area contributed by atoms with Crippen LogP contribution < -0.4 is 15.8 Å². The molecule has 0 aliphatic carbocycles. The SMILES string of the molecule is Cc1nc(-c2ccc(F)cc2)sc1C(C)NC(=O)COc1ccc(CC(N)=O)cc1. The summed E-state index contributed by atoms with van der Waals surface area (Å²) < 4.78 is 18.6. The van der Waals surface area contributed by atoms with Crippen molar-refractivity contribution in [3.05, 3.63) is 70.5 Å². The highest BCUT2D eigenvalue weighted by Gasteiger charge is 2.17. The van der Waals surface area contributed by atoms with Crippen molar-refractivity contribution in [1.82, 2.24) is 10.3 Å². The molecule has 0 aliphatic heterocycles. The zero-order valence-corrected chi connectivity index (χ0v) is 17.5. The monoisotopic (exact) mass is 427 g/mol. The average molecular weight is 428 g/mol. The number of amides is 2. The van der Waals surface area contributed by atoms with Crippen LogP contribution in [0, 0.1) is 12.7 Å². The molecule has 156 valence electrons. The average Bonchev–Trinajstić information content (AvgIpc) is 3.09. The molecule has 2 amide bonds. The van der Waals surface area contributed by atoms with Crippen LogP contribution in [-0.2, 0) is 16.0 Å². The number of hydrogen-bond acceptors (Lipinski definition) is 5. The van der Waals surface area contributed by atoms with Crippen LogP contribution in [-0.4, -0.2) is 23.4 Å². The van der Waals surface area contributed by atoms with E-state index in [4.69, 9.17) is 10.5 Å². The van der Waals surface area contributed by atoms with E-state index in [-0.39, 0.29) is 30.8 Å². The summed E-state index contributed by atoms with van der Waals surface area (Å²) >= 11 is 1.46. The molecule has 3 aromatic rings. The summed E-state index contributed by atoms with van der Waals surface area (Å²) in [5.74, 6) is -0.438. The van der Waals surface area contributed by atoms with Gasteiger partial charge in [-0.1, -0.05) is 12.1 Å². The van der Waals surface area contributed by atoms with Gasteiger partial charge in [-0.05, 0) is 55.8 Å². The van der Waals surface area contributed by atoms with Gasteiger partial charge in [-0.25, -0.2) is 9.37 Å². The van der Waals surface area contributed by atoms with Crippen molar-refractivity contribution in [3.63, 3.8) is 0 Å². The summed E-state index contributed by atoms with van der Waals surface area (Å²) in [4.78, 5) is 28.7. The van der Waals surface area contributed by atoms with Gasteiger partial charge in [0.15, 0.2) is 6.61 Å². The van der Waals surface area contributed by atoms with E-state index in [0.717, 1.165) is 26.7 Å². The molecule has 1 heterocycles. The van der Waals surface area contributed by atoms with E-state index < -0.39 is 5.91 Å². The molecule has 1 atom stereocenters. The number of nitrogens with two attached hydrogens (primary N) is 1. The third-order valence-corrected chi connectivity index (χ3v) is 5.76. The van der Waals surface area contributed by atoms with Crippen molar-refractivity contribution < 1.29 is 18.7 Å². The molecule has 0 saturated carbocycles. The van der Waals surface area contributed by atoms with Gasteiger partial charge >= 0.3 is 0 Å². The molecule has 0 fully saturated rings. The number of nitrogens with zero attached hydrogens (tertiary/aromatic N) is 1. The Kier molecular flexibility index (Phi) is 6.79. The zero-order valence-electron chi connectivity index (χ0n) is 16.6. The topological polar surface area (TPSA) is 94.3 Å². The van der Waals surface area contributed by atoms with E-state index in [0.29, 0.717) is 5.75 Å². The van der Waals surface area contributed by atoms with Crippen molar-refractivity contribution in [2.45, 2.75) is 26.3 Å². The number of primary amides is 1. The molecule has 6 nitrogen and oxygen atoms in total. The highest BCUT2D eigenvalue weighted by Crippen LogP contribution is 2.31. The summed E-state index contributed by atoms with van der Waals surface area (Å²) in [7, 11) is 0. The first-order chi connectivity index (χ1) is 14.3. The predicted molar refractivity (Wildman–Crippen MR) is 114 cm³/mol. The van der Waals surface area contributed by atoms with Gasteiger partial charge in [0.05, 0.1) is 23.0 Å². The Labute approximate surface area is 177 Å². The zero-order chi connectivity index (χ0) is 21.7. The summed E-state index contributed by atoms with van der Waals surface area (Å²) in [6, 6.07) is 12.8. The molecule has 0 bridgehead atoms. The van der Waals surface area contributed by atoms with Gasteiger partial charge < -0.3 is 15.8 Å². The fourth-order valence-electron chi connectivity index (χ4n) is 2.93. The van der Waals surface area contributed by atoms with Crippen LogP contribution in [0.25, 0.3) is 10.6 Å². The van der Waals surface area contributed by atoms with Gasteiger partial charge in [0.2, 0.25) is 5.91 Å². The molecule has 3 N–H and O–H groups in total. The number of aromatic nitrogens is 1. The van der Waals surface area contributed by atoms with Crippen LogP contribution in [0.5, 0.6) is 5.75 Å². The number of carbonyl (C=O) groups excluding carboxylic acids is 2. The number of nitrogens with one attached hydrogen (secondary N) is 1. The Balaban J connectivity index is 1.56. The first kappa shape index (κ1) is 21.4. The van der Waals surface area contributed by atoms with Crippen molar-refractivity contribution in [3.8, 4) is 16.3 Å². The molecule has 3 rings (SSSR count). The molecule has 0 spiro atoms. The molecule has 2 aromatic carbocycles. The minimum absolute atomic E-state index is 0.137. The van der Waals surface area contributed by atoms with Crippen molar-refractivity contribution in [2.75, 3.05) is 6.61 Å². The third-order valence-electron chi connectivity index (χ3n) is 4.37. The Morgan fingerprint density at radius 1 is 1.17 bits per heavy atom. The molecule has 0 saturated heterocycles. The fraction of sp³-hybridized carbons (Fsp3) is 0.227. The smallest absolute Gasteiger partial charge is 0.258 e. The lowest BCUT2D eigenvalue weighted by Gasteiger charge is -2.13. The molecule has 1 aromatic heterocycles. The standard InChI is InChI=1S/C22H22FN3O3S/c1-13(21-14(2)26-22(30-21)16-5-7-17(23)8-6-16)25-20(28)12-29-18-9-3-15(4-10-18)11-19(24)27/h3-10,13H,11-12H2,1-2H3,(H2,24,27)(H,25,28). The van der Waals surface area contributed by atoms with Crippen LogP contribution >= 0.6 is 11.3 Å². The molecule has 0 aliphatic rings. The second-order valence-electron chi connectivity index (χ2n) is 6.84. The Morgan fingerprint density at radius 2 is 1.83 bits per heavy atom. The van der Waals surface area contributed by atoms with Crippen LogP contribution in [0.1, 0.15) is 29.1 Å². The van der Waals surface area contributed by atoms with Gasteiger partial charge in [0, 0.05) is 5.56 Å². The quantitative estimate of drug-likeness (QED) is 0.575. The number of hydrogen-bond donors (Lipinski definition) is 2. The number of aryl methyl sites for hydroxylation is 1. The Bertz CT molecular complexity index is 1030. The maximum absolute atomic E-state index is 13.1. The molecule has 8 heteroatoms. The Hall–Kier alpha value is -3.26. The highest BCUT2D eigenvalue weighted by atomic mass is 32.1.